The molecule has 1 aliphatic heterocycles. The van der Waals surface area contributed by atoms with E-state index in [2.05, 4.69) is 21.0 Å². The van der Waals surface area contributed by atoms with Crippen LogP contribution in [0.5, 0.6) is 0 Å². The van der Waals surface area contributed by atoms with Crippen molar-refractivity contribution >= 4 is 28.3 Å². The molecule has 4 heterocycles. The number of aryl methyl sites for hydroxylation is 1. The van der Waals surface area contributed by atoms with Gasteiger partial charge in [-0.15, -0.1) is 5.10 Å². The second kappa shape index (κ2) is 6.58. The highest BCUT2D eigenvalue weighted by Crippen LogP contribution is 2.27. The number of nitrogens with zero attached hydrogens (tertiary/aromatic N) is 7. The third-order valence-electron chi connectivity index (χ3n) is 5.25. The summed E-state index contributed by atoms with van der Waals surface area (Å²) in [5.74, 6) is 1.22. The Morgan fingerprint density at radius 2 is 2.19 bits per heavy atom. The van der Waals surface area contributed by atoms with Crippen molar-refractivity contribution in [2.75, 3.05) is 13.1 Å². The fraction of sp³-hybridized carbons (Fsp3) is 0.368. The third kappa shape index (κ3) is 3.07. The van der Waals surface area contributed by atoms with Crippen molar-refractivity contribution in [1.82, 2.24) is 34.3 Å². The van der Waals surface area contributed by atoms with Gasteiger partial charge in [-0.2, -0.15) is 5.10 Å². The fourth-order valence-corrected chi connectivity index (χ4v) is 4.14. The van der Waals surface area contributed by atoms with E-state index in [0.717, 1.165) is 60.0 Å². The maximum Gasteiger partial charge on any atom is 0.170 e. The average molecular weight is 382 g/mol. The van der Waals surface area contributed by atoms with Crippen LogP contribution in [0.25, 0.3) is 16.7 Å². The number of rotatable bonds is 3. The molecule has 138 valence electrons. The zero-order chi connectivity index (χ0) is 18.4. The molecule has 1 fully saturated rings. The second-order valence-corrected chi connectivity index (χ2v) is 7.63. The molecule has 0 bridgehead atoms. The van der Waals surface area contributed by atoms with Crippen molar-refractivity contribution < 1.29 is 0 Å². The van der Waals surface area contributed by atoms with E-state index < -0.39 is 0 Å². The van der Waals surface area contributed by atoms with Crippen LogP contribution in [0.2, 0.25) is 5.02 Å². The molecule has 0 N–H and O–H groups in total. The van der Waals surface area contributed by atoms with Crippen LogP contribution in [-0.4, -0.2) is 47.4 Å². The van der Waals surface area contributed by atoms with E-state index in [0.29, 0.717) is 5.92 Å². The quantitative estimate of drug-likeness (QED) is 0.545. The zero-order valence-corrected chi connectivity index (χ0v) is 15.8. The molecule has 0 spiro atoms. The van der Waals surface area contributed by atoms with Crippen LogP contribution >= 0.6 is 11.6 Å². The highest BCUT2D eigenvalue weighted by atomic mass is 35.5. The molecule has 5 rings (SSSR count). The predicted octanol–water partition coefficient (Wildman–Crippen LogP) is 3.04. The predicted molar refractivity (Wildman–Crippen MR) is 104 cm³/mol. The van der Waals surface area contributed by atoms with Gasteiger partial charge in [0.25, 0.3) is 0 Å². The van der Waals surface area contributed by atoms with Crippen LogP contribution in [0, 0.1) is 0 Å². The molecule has 3 aromatic heterocycles. The van der Waals surface area contributed by atoms with E-state index in [1.165, 1.54) is 5.56 Å². The Bertz CT molecular complexity index is 1120. The van der Waals surface area contributed by atoms with Crippen LogP contribution < -0.4 is 0 Å². The molecule has 1 atom stereocenters. The van der Waals surface area contributed by atoms with Crippen molar-refractivity contribution in [3.8, 4) is 0 Å². The summed E-state index contributed by atoms with van der Waals surface area (Å²) in [6.45, 7) is 2.94. The fourth-order valence-electron chi connectivity index (χ4n) is 3.93. The van der Waals surface area contributed by atoms with Gasteiger partial charge in [-0.1, -0.05) is 23.7 Å². The minimum Gasteiger partial charge on any atom is -0.298 e. The summed E-state index contributed by atoms with van der Waals surface area (Å²) in [6, 6.07) is 8.09. The third-order valence-corrected chi connectivity index (χ3v) is 5.49. The highest BCUT2D eigenvalue weighted by Gasteiger charge is 2.25. The van der Waals surface area contributed by atoms with Gasteiger partial charge in [0, 0.05) is 31.1 Å². The lowest BCUT2D eigenvalue weighted by atomic mass is 9.97. The van der Waals surface area contributed by atoms with Gasteiger partial charge >= 0.3 is 0 Å². The minimum atomic E-state index is 0.324. The van der Waals surface area contributed by atoms with Crippen molar-refractivity contribution in [3.05, 3.63) is 53.2 Å². The van der Waals surface area contributed by atoms with E-state index in [1.54, 1.807) is 15.5 Å². The summed E-state index contributed by atoms with van der Waals surface area (Å²) >= 11 is 6.13. The summed E-state index contributed by atoms with van der Waals surface area (Å²) < 4.78 is 3.53. The number of benzene rings is 1. The van der Waals surface area contributed by atoms with Crippen molar-refractivity contribution in [2.24, 2.45) is 7.05 Å². The van der Waals surface area contributed by atoms with Gasteiger partial charge in [0.15, 0.2) is 17.1 Å². The molecule has 7 nitrogen and oxygen atoms in total. The van der Waals surface area contributed by atoms with E-state index in [9.17, 15) is 0 Å². The number of halogens is 1. The van der Waals surface area contributed by atoms with Crippen molar-refractivity contribution in [3.63, 3.8) is 0 Å². The van der Waals surface area contributed by atoms with Gasteiger partial charge in [0.1, 0.15) is 6.33 Å². The number of piperidine rings is 1. The molecular weight excluding hydrogens is 362 g/mol. The number of fused-ring (bicyclic) bond motifs is 3. The Balaban J connectivity index is 1.41. The van der Waals surface area contributed by atoms with E-state index in [-0.39, 0.29) is 0 Å². The van der Waals surface area contributed by atoms with Gasteiger partial charge < -0.3 is 0 Å². The normalized spacial score (nSPS) is 18.5. The summed E-state index contributed by atoms with van der Waals surface area (Å²) in [4.78, 5) is 11.8. The smallest absolute Gasteiger partial charge is 0.170 e. The summed E-state index contributed by atoms with van der Waals surface area (Å²) in [6.07, 6.45) is 5.78. The van der Waals surface area contributed by atoms with Crippen LogP contribution in [0.1, 0.15) is 30.1 Å². The largest absolute Gasteiger partial charge is 0.298 e. The van der Waals surface area contributed by atoms with Gasteiger partial charge in [-0.3, -0.25) is 9.58 Å². The maximum absolute atomic E-state index is 6.13. The van der Waals surface area contributed by atoms with Crippen LogP contribution in [-0.2, 0) is 13.6 Å². The molecule has 0 aliphatic carbocycles. The van der Waals surface area contributed by atoms with E-state index in [1.807, 2.05) is 31.4 Å². The molecule has 0 saturated carbocycles. The molecule has 1 aromatic carbocycles. The first-order chi connectivity index (χ1) is 13.2. The standard InChI is InChI=1S/C19H20ClN7/c1-25-18-16(9-22-25)19-23-17(24-27(19)12-21-18)14-5-3-7-26(11-14)10-13-4-2-6-15(20)8-13/h2,4,6,8-9,12,14H,3,5,7,10-11H2,1H3/t14-/m1/s1. The first-order valence-electron chi connectivity index (χ1n) is 9.17. The van der Waals surface area contributed by atoms with Gasteiger partial charge in [0.2, 0.25) is 0 Å². The number of aromatic nitrogens is 6. The Hall–Kier alpha value is -2.51. The van der Waals surface area contributed by atoms with Crippen LogP contribution in [0.15, 0.2) is 36.8 Å². The molecule has 27 heavy (non-hydrogen) atoms. The average Bonchev–Trinajstić information content (AvgIpc) is 3.26. The highest BCUT2D eigenvalue weighted by molar-refractivity contribution is 6.30. The molecule has 0 amide bonds. The monoisotopic (exact) mass is 381 g/mol. The van der Waals surface area contributed by atoms with Crippen LogP contribution in [0.3, 0.4) is 0 Å². The Labute approximate surface area is 161 Å². The second-order valence-electron chi connectivity index (χ2n) is 7.19. The first-order valence-corrected chi connectivity index (χ1v) is 9.55. The van der Waals surface area contributed by atoms with E-state index >= 15 is 0 Å². The van der Waals surface area contributed by atoms with Crippen LogP contribution in [0.4, 0.5) is 0 Å². The van der Waals surface area contributed by atoms with E-state index in [4.69, 9.17) is 21.7 Å². The summed E-state index contributed by atoms with van der Waals surface area (Å²) in [7, 11) is 1.89. The number of hydrogen-bond donors (Lipinski definition) is 0. The number of likely N-dealkylation sites (tertiary alicyclic amines) is 1. The topological polar surface area (TPSA) is 64.1 Å². The Morgan fingerprint density at radius 3 is 3.07 bits per heavy atom. The van der Waals surface area contributed by atoms with Crippen molar-refractivity contribution in [2.45, 2.75) is 25.3 Å². The zero-order valence-electron chi connectivity index (χ0n) is 15.1. The van der Waals surface area contributed by atoms with Crippen molar-refractivity contribution in [1.29, 1.82) is 0 Å². The molecule has 8 heteroatoms. The molecule has 0 unspecified atom stereocenters. The molecule has 1 aliphatic rings. The lowest BCUT2D eigenvalue weighted by Gasteiger charge is -2.31. The first kappa shape index (κ1) is 16.6. The molecule has 4 aromatic rings. The maximum atomic E-state index is 6.13. The lowest BCUT2D eigenvalue weighted by Crippen LogP contribution is -2.34. The lowest BCUT2D eigenvalue weighted by molar-refractivity contribution is 0.196. The van der Waals surface area contributed by atoms with Gasteiger partial charge in [0.05, 0.1) is 11.6 Å². The minimum absolute atomic E-state index is 0.324. The summed E-state index contributed by atoms with van der Waals surface area (Å²) in [5.41, 5.74) is 2.90. The molecular formula is C19H20ClN7. The Morgan fingerprint density at radius 1 is 1.26 bits per heavy atom. The molecule has 1 saturated heterocycles. The summed E-state index contributed by atoms with van der Waals surface area (Å²) in [5, 5.41) is 10.7. The SMILES string of the molecule is Cn1ncc2c1ncn1nc([C@@H]3CCCN(Cc4cccc(Cl)c4)C3)nc21. The van der Waals surface area contributed by atoms with Gasteiger partial charge in [-0.05, 0) is 37.1 Å². The molecule has 0 radical (unpaired) electrons. The van der Waals surface area contributed by atoms with Gasteiger partial charge in [-0.25, -0.2) is 14.5 Å². The number of hydrogen-bond acceptors (Lipinski definition) is 5. The Kier molecular flexibility index (Phi) is 4.06.